The highest BCUT2D eigenvalue weighted by atomic mass is 16.5. The lowest BCUT2D eigenvalue weighted by atomic mass is 10.0. The van der Waals surface area contributed by atoms with Crippen LogP contribution in [0.15, 0.2) is 84.9 Å². The number of carbonyl (C=O) groups is 2. The van der Waals surface area contributed by atoms with Crippen molar-refractivity contribution in [3.05, 3.63) is 118 Å². The predicted octanol–water partition coefficient (Wildman–Crippen LogP) is 6.79. The average molecular weight is 489 g/mol. The van der Waals surface area contributed by atoms with E-state index >= 15 is 0 Å². The largest absolute Gasteiger partial charge is 0.461 e. The van der Waals surface area contributed by atoms with Gasteiger partial charge in [0.25, 0.3) is 0 Å². The van der Waals surface area contributed by atoms with Crippen molar-refractivity contribution in [2.24, 2.45) is 0 Å². The van der Waals surface area contributed by atoms with Crippen LogP contribution >= 0.6 is 0 Å². The Bertz CT molecular complexity index is 1390. The number of hydrogen-bond donors (Lipinski definition) is 0. The fourth-order valence-electron chi connectivity index (χ4n) is 5.56. The molecule has 2 aliphatic rings. The molecule has 2 aliphatic carbocycles. The molecule has 0 saturated carbocycles. The number of ether oxygens (including phenoxy) is 2. The van der Waals surface area contributed by atoms with Crippen molar-refractivity contribution in [2.75, 3.05) is 0 Å². The van der Waals surface area contributed by atoms with Gasteiger partial charge in [0.1, 0.15) is 13.2 Å². The third-order valence-electron chi connectivity index (χ3n) is 7.43. The van der Waals surface area contributed by atoms with Crippen LogP contribution in [0.2, 0.25) is 0 Å². The molecule has 0 aromatic heterocycles. The molecule has 4 aromatic rings. The van der Waals surface area contributed by atoms with Crippen LogP contribution in [0.3, 0.4) is 0 Å². The van der Waals surface area contributed by atoms with E-state index in [1.807, 2.05) is 24.3 Å². The first-order chi connectivity index (χ1) is 18.2. The number of esters is 2. The highest BCUT2D eigenvalue weighted by molar-refractivity contribution is 5.79. The van der Waals surface area contributed by atoms with Gasteiger partial charge >= 0.3 is 11.9 Å². The molecule has 0 unspecified atom stereocenters. The molecule has 0 radical (unpaired) electrons. The maximum Gasteiger partial charge on any atom is 0.306 e. The second-order valence-electron chi connectivity index (χ2n) is 9.73. The molecular weight excluding hydrogens is 460 g/mol. The first-order valence-electron chi connectivity index (χ1n) is 12.9. The maximum atomic E-state index is 12.4. The fourth-order valence-corrected chi connectivity index (χ4v) is 5.56. The average Bonchev–Trinajstić information content (AvgIpc) is 3.50. The zero-order valence-electron chi connectivity index (χ0n) is 20.7. The van der Waals surface area contributed by atoms with Gasteiger partial charge in [0.2, 0.25) is 0 Å². The summed E-state index contributed by atoms with van der Waals surface area (Å²) in [6.07, 6.45) is 2.53. The Kier molecular flexibility index (Phi) is 6.32. The zero-order chi connectivity index (χ0) is 25.2. The van der Waals surface area contributed by atoms with Gasteiger partial charge in [-0.15, -0.1) is 0 Å². The summed E-state index contributed by atoms with van der Waals surface area (Å²) in [5.41, 5.74) is 12.1. The van der Waals surface area contributed by atoms with Crippen LogP contribution < -0.4 is 0 Å². The summed E-state index contributed by atoms with van der Waals surface area (Å²) in [6, 6.07) is 29.1. The maximum absolute atomic E-state index is 12.4. The lowest BCUT2D eigenvalue weighted by molar-refractivity contribution is -0.146. The van der Waals surface area contributed by atoms with Crippen molar-refractivity contribution < 1.29 is 19.1 Å². The molecule has 0 saturated heterocycles. The number of rotatable bonds is 8. The van der Waals surface area contributed by atoms with Crippen molar-refractivity contribution in [2.45, 2.75) is 45.3 Å². The van der Waals surface area contributed by atoms with Crippen LogP contribution in [-0.2, 0) is 45.1 Å². The summed E-state index contributed by atoms with van der Waals surface area (Å²) >= 11 is 0. The minimum Gasteiger partial charge on any atom is -0.461 e. The van der Waals surface area contributed by atoms with Gasteiger partial charge in [-0.2, -0.15) is 0 Å². The van der Waals surface area contributed by atoms with E-state index in [9.17, 15) is 9.59 Å². The smallest absolute Gasteiger partial charge is 0.306 e. The molecule has 0 atom stereocenters. The van der Waals surface area contributed by atoms with Gasteiger partial charge in [-0.3, -0.25) is 9.59 Å². The molecule has 4 heteroatoms. The van der Waals surface area contributed by atoms with Crippen molar-refractivity contribution in [1.29, 1.82) is 0 Å². The van der Waals surface area contributed by atoms with Crippen molar-refractivity contribution in [3.63, 3.8) is 0 Å². The van der Waals surface area contributed by atoms with Gasteiger partial charge in [0, 0.05) is 12.8 Å². The Balaban J connectivity index is 0.965. The second kappa shape index (κ2) is 10.1. The molecular formula is C33H28O4. The van der Waals surface area contributed by atoms with Gasteiger partial charge in [0.15, 0.2) is 0 Å². The fraction of sp³-hybridized carbons (Fsp3) is 0.212. The van der Waals surface area contributed by atoms with E-state index in [1.165, 1.54) is 44.5 Å². The predicted molar refractivity (Wildman–Crippen MR) is 143 cm³/mol. The highest BCUT2D eigenvalue weighted by Crippen LogP contribution is 2.39. The van der Waals surface area contributed by atoms with Gasteiger partial charge in [-0.05, 0) is 74.9 Å². The van der Waals surface area contributed by atoms with E-state index in [-0.39, 0.29) is 38.0 Å². The summed E-state index contributed by atoms with van der Waals surface area (Å²) in [5, 5.41) is 0. The normalized spacial score (nSPS) is 12.3. The van der Waals surface area contributed by atoms with Crippen molar-refractivity contribution >= 4 is 11.9 Å². The molecule has 184 valence electrons. The van der Waals surface area contributed by atoms with E-state index in [0.717, 1.165) is 24.0 Å². The van der Waals surface area contributed by atoms with Gasteiger partial charge in [0.05, 0.1) is 0 Å². The SMILES string of the molecule is O=C(CCCC(=O)OCc1cccc2c1Cc1ccccc1-2)OCc1cccc2c1Cc1ccccc1-2. The topological polar surface area (TPSA) is 52.6 Å². The summed E-state index contributed by atoms with van der Waals surface area (Å²) in [7, 11) is 0. The third-order valence-corrected chi connectivity index (χ3v) is 7.43. The quantitative estimate of drug-likeness (QED) is 0.222. The standard InChI is InChI=1S/C33H28O4/c34-32(36-20-24-10-5-14-28-26-12-3-1-8-22(26)18-30(24)28)16-7-17-33(35)37-21-25-11-6-15-29-27-13-4-2-9-23(27)19-31(25)29/h1-6,8-15H,7,16-21H2. The summed E-state index contributed by atoms with van der Waals surface area (Å²) < 4.78 is 11.1. The minimum atomic E-state index is -0.292. The van der Waals surface area contributed by atoms with Gasteiger partial charge < -0.3 is 9.47 Å². The van der Waals surface area contributed by atoms with E-state index in [1.54, 1.807) is 0 Å². The zero-order valence-corrected chi connectivity index (χ0v) is 20.7. The van der Waals surface area contributed by atoms with Crippen LogP contribution in [0.25, 0.3) is 22.3 Å². The molecule has 0 spiro atoms. The Labute approximate surface area is 216 Å². The Morgan fingerprint density at radius 1 is 0.541 bits per heavy atom. The molecule has 0 bridgehead atoms. The lowest BCUT2D eigenvalue weighted by Crippen LogP contribution is -2.09. The van der Waals surface area contributed by atoms with Crippen LogP contribution in [0.1, 0.15) is 52.6 Å². The Hall–Kier alpha value is -4.18. The molecule has 37 heavy (non-hydrogen) atoms. The number of carbonyl (C=O) groups excluding carboxylic acids is 2. The van der Waals surface area contributed by atoms with Crippen molar-refractivity contribution in [3.8, 4) is 22.3 Å². The summed E-state index contributed by atoms with van der Waals surface area (Å²) in [6.45, 7) is 0.504. The monoisotopic (exact) mass is 488 g/mol. The Morgan fingerprint density at radius 3 is 1.46 bits per heavy atom. The van der Waals surface area contributed by atoms with Gasteiger partial charge in [-0.1, -0.05) is 84.9 Å². The van der Waals surface area contributed by atoms with Crippen LogP contribution in [0, 0.1) is 0 Å². The minimum absolute atomic E-state index is 0.195. The van der Waals surface area contributed by atoms with Crippen LogP contribution in [0.4, 0.5) is 0 Å². The van der Waals surface area contributed by atoms with E-state index < -0.39 is 0 Å². The first-order valence-corrected chi connectivity index (χ1v) is 12.9. The summed E-state index contributed by atoms with van der Waals surface area (Å²) in [4.78, 5) is 24.7. The third kappa shape index (κ3) is 4.67. The molecule has 4 nitrogen and oxygen atoms in total. The number of hydrogen-bond acceptors (Lipinski definition) is 4. The number of fused-ring (bicyclic) bond motifs is 6. The second-order valence-corrected chi connectivity index (χ2v) is 9.73. The molecule has 0 aliphatic heterocycles. The Morgan fingerprint density at radius 2 is 0.973 bits per heavy atom. The molecule has 0 amide bonds. The van der Waals surface area contributed by atoms with E-state index in [4.69, 9.17) is 9.47 Å². The highest BCUT2D eigenvalue weighted by Gasteiger charge is 2.22. The van der Waals surface area contributed by atoms with E-state index in [0.29, 0.717) is 6.42 Å². The van der Waals surface area contributed by atoms with E-state index in [2.05, 4.69) is 60.7 Å². The van der Waals surface area contributed by atoms with Gasteiger partial charge in [-0.25, -0.2) is 0 Å². The van der Waals surface area contributed by atoms with Crippen molar-refractivity contribution in [1.82, 2.24) is 0 Å². The first kappa shape index (κ1) is 23.2. The van der Waals surface area contributed by atoms with Crippen LogP contribution in [0.5, 0.6) is 0 Å². The number of benzene rings is 4. The molecule has 6 rings (SSSR count). The molecule has 0 heterocycles. The molecule has 0 fully saturated rings. The molecule has 4 aromatic carbocycles. The summed E-state index contributed by atoms with van der Waals surface area (Å²) in [5.74, 6) is -0.584. The molecule has 0 N–H and O–H groups in total. The van der Waals surface area contributed by atoms with Crippen LogP contribution in [-0.4, -0.2) is 11.9 Å². The lowest BCUT2D eigenvalue weighted by Gasteiger charge is -2.11.